The zero-order chi connectivity index (χ0) is 19.9. The molecule has 2 N–H and O–H groups in total. The Morgan fingerprint density at radius 3 is 2.57 bits per heavy atom. The Morgan fingerprint density at radius 1 is 1.07 bits per heavy atom. The van der Waals surface area contributed by atoms with Crippen molar-refractivity contribution in [2.45, 2.75) is 39.7 Å². The van der Waals surface area contributed by atoms with Crippen LogP contribution in [0.3, 0.4) is 0 Å². The number of furan rings is 1. The van der Waals surface area contributed by atoms with Crippen LogP contribution in [0.1, 0.15) is 44.7 Å². The first-order valence-electron chi connectivity index (χ1n) is 9.02. The number of carbonyl (C=O) groups excluding carboxylic acids is 2. The zero-order valence-electron chi connectivity index (χ0n) is 15.8. The summed E-state index contributed by atoms with van der Waals surface area (Å²) in [6.07, 6.45) is 1.62. The number of anilines is 1. The maximum Gasteiger partial charge on any atom is 0.286 e. The van der Waals surface area contributed by atoms with Gasteiger partial charge in [-0.1, -0.05) is 29.0 Å². The van der Waals surface area contributed by atoms with Crippen LogP contribution in [0.5, 0.6) is 0 Å². The zero-order valence-corrected chi connectivity index (χ0v) is 16.6. The van der Waals surface area contributed by atoms with Gasteiger partial charge in [0.05, 0.1) is 6.54 Å². The quantitative estimate of drug-likeness (QED) is 0.604. The fourth-order valence-electron chi connectivity index (χ4n) is 2.52. The van der Waals surface area contributed by atoms with E-state index in [1.54, 1.807) is 0 Å². The number of benzene rings is 1. The van der Waals surface area contributed by atoms with E-state index in [1.807, 2.05) is 50.2 Å². The second kappa shape index (κ2) is 9.27. The molecular weight excluding hydrogens is 376 g/mol. The summed E-state index contributed by atoms with van der Waals surface area (Å²) in [7, 11) is 0. The highest BCUT2D eigenvalue weighted by atomic mass is 32.1. The third-order valence-corrected chi connectivity index (χ3v) is 5.00. The van der Waals surface area contributed by atoms with Crippen molar-refractivity contribution in [3.8, 4) is 0 Å². The Bertz CT molecular complexity index is 947. The van der Waals surface area contributed by atoms with Crippen LogP contribution in [0, 0.1) is 13.8 Å². The minimum atomic E-state index is -0.279. The number of nitrogens with zero attached hydrogens (tertiary/aromatic N) is 2. The third-order valence-electron chi connectivity index (χ3n) is 4.02. The lowest BCUT2D eigenvalue weighted by molar-refractivity contribution is -0.121. The van der Waals surface area contributed by atoms with Gasteiger partial charge in [-0.3, -0.25) is 9.59 Å². The Kier molecular flexibility index (Phi) is 6.54. The van der Waals surface area contributed by atoms with Gasteiger partial charge in [-0.15, -0.1) is 10.2 Å². The van der Waals surface area contributed by atoms with Crippen LogP contribution in [0.15, 0.2) is 40.8 Å². The summed E-state index contributed by atoms with van der Waals surface area (Å²) in [6, 6.07) is 11.3. The lowest BCUT2D eigenvalue weighted by atomic mass is 10.2. The summed E-state index contributed by atoms with van der Waals surface area (Å²) in [4.78, 5) is 24.1. The Hall–Kier alpha value is -3.00. The number of hydrogen-bond donors (Lipinski definition) is 2. The van der Waals surface area contributed by atoms with Gasteiger partial charge in [0, 0.05) is 18.5 Å². The molecule has 28 heavy (non-hydrogen) atoms. The molecule has 2 heterocycles. The maximum atomic E-state index is 12.2. The number of nitrogens with one attached hydrogen (secondary N) is 2. The van der Waals surface area contributed by atoms with Crippen LogP contribution in [0.4, 0.5) is 5.69 Å². The minimum absolute atomic E-state index is 0.0455. The van der Waals surface area contributed by atoms with Crippen molar-refractivity contribution in [3.05, 3.63) is 63.5 Å². The lowest BCUT2D eigenvalue weighted by Crippen LogP contribution is -2.22. The molecule has 0 fully saturated rings. The fourth-order valence-corrected chi connectivity index (χ4v) is 3.30. The summed E-state index contributed by atoms with van der Waals surface area (Å²) < 4.78 is 5.41. The number of aromatic nitrogens is 2. The maximum absolute atomic E-state index is 12.2. The van der Waals surface area contributed by atoms with E-state index >= 15 is 0 Å². The van der Waals surface area contributed by atoms with Crippen molar-refractivity contribution >= 4 is 28.8 Å². The molecule has 1 aromatic carbocycles. The highest BCUT2D eigenvalue weighted by molar-refractivity contribution is 7.13. The second-order valence-electron chi connectivity index (χ2n) is 6.46. The molecule has 2 amide bonds. The summed E-state index contributed by atoms with van der Waals surface area (Å²) in [5, 5.41) is 14.7. The van der Waals surface area contributed by atoms with E-state index in [9.17, 15) is 9.59 Å². The molecule has 0 spiro atoms. The van der Waals surface area contributed by atoms with Gasteiger partial charge in [0.2, 0.25) is 10.9 Å². The Balaban J connectivity index is 1.40. The van der Waals surface area contributed by atoms with Gasteiger partial charge in [0.25, 0.3) is 5.91 Å². The van der Waals surface area contributed by atoms with Crippen LogP contribution in [-0.4, -0.2) is 22.0 Å². The first-order valence-corrected chi connectivity index (χ1v) is 9.83. The van der Waals surface area contributed by atoms with Crippen LogP contribution < -0.4 is 10.6 Å². The number of amides is 2. The number of hydrogen-bond acceptors (Lipinski definition) is 6. The summed E-state index contributed by atoms with van der Waals surface area (Å²) in [5.41, 5.74) is 1.84. The smallest absolute Gasteiger partial charge is 0.286 e. The first-order chi connectivity index (χ1) is 13.5. The molecular formula is C20H22N4O3S. The average molecular weight is 398 g/mol. The molecule has 3 rings (SSSR count). The van der Waals surface area contributed by atoms with Crippen molar-refractivity contribution in [1.82, 2.24) is 15.5 Å². The Labute approximate surface area is 167 Å². The van der Waals surface area contributed by atoms with E-state index < -0.39 is 0 Å². The van der Waals surface area contributed by atoms with Crippen LogP contribution in [0.2, 0.25) is 0 Å². The predicted molar refractivity (Wildman–Crippen MR) is 107 cm³/mol. The predicted octanol–water partition coefficient (Wildman–Crippen LogP) is 3.64. The molecule has 0 radical (unpaired) electrons. The van der Waals surface area contributed by atoms with Gasteiger partial charge < -0.3 is 15.1 Å². The van der Waals surface area contributed by atoms with E-state index in [2.05, 4.69) is 20.8 Å². The molecule has 0 saturated carbocycles. The molecule has 0 atom stereocenters. The largest absolute Gasteiger partial charge is 0.465 e. The van der Waals surface area contributed by atoms with Crippen molar-refractivity contribution in [1.29, 1.82) is 0 Å². The standard InChI is InChI=1S/C20H22N4O3S/c1-13-6-9-15(10-7-13)22-19(26)20-24-23-18(28-20)5-3-4-17(25)21-12-16-11-8-14(2)27-16/h6-11H,3-5,12H2,1-2H3,(H,21,25)(H,22,26). The number of rotatable bonds is 8. The van der Waals surface area contributed by atoms with E-state index in [4.69, 9.17) is 4.42 Å². The van der Waals surface area contributed by atoms with Gasteiger partial charge in [0.15, 0.2) is 0 Å². The van der Waals surface area contributed by atoms with Gasteiger partial charge in [0.1, 0.15) is 16.5 Å². The molecule has 0 aliphatic rings. The van der Waals surface area contributed by atoms with Crippen LogP contribution in [0.25, 0.3) is 0 Å². The Morgan fingerprint density at radius 2 is 1.86 bits per heavy atom. The van der Waals surface area contributed by atoms with Gasteiger partial charge >= 0.3 is 0 Å². The van der Waals surface area contributed by atoms with Crippen molar-refractivity contribution in [2.75, 3.05) is 5.32 Å². The highest BCUT2D eigenvalue weighted by Crippen LogP contribution is 2.16. The highest BCUT2D eigenvalue weighted by Gasteiger charge is 2.13. The first kappa shape index (κ1) is 19.8. The van der Waals surface area contributed by atoms with E-state index in [0.29, 0.717) is 30.8 Å². The molecule has 0 unspecified atom stereocenters. The second-order valence-corrected chi connectivity index (χ2v) is 7.53. The topological polar surface area (TPSA) is 97.1 Å². The molecule has 7 nitrogen and oxygen atoms in total. The van der Waals surface area contributed by atoms with E-state index in [1.165, 1.54) is 11.3 Å². The monoisotopic (exact) mass is 398 g/mol. The SMILES string of the molecule is Cc1ccc(NC(=O)c2nnc(CCCC(=O)NCc3ccc(C)o3)s2)cc1. The number of aryl methyl sites for hydroxylation is 3. The van der Waals surface area contributed by atoms with E-state index in [0.717, 1.165) is 27.8 Å². The van der Waals surface area contributed by atoms with Crippen molar-refractivity contribution < 1.29 is 14.0 Å². The normalized spacial score (nSPS) is 10.6. The molecule has 0 saturated heterocycles. The van der Waals surface area contributed by atoms with Crippen molar-refractivity contribution in [3.63, 3.8) is 0 Å². The summed E-state index contributed by atoms with van der Waals surface area (Å²) >= 11 is 1.25. The fraction of sp³-hybridized carbons (Fsp3) is 0.300. The van der Waals surface area contributed by atoms with E-state index in [-0.39, 0.29) is 11.8 Å². The van der Waals surface area contributed by atoms with Crippen molar-refractivity contribution in [2.24, 2.45) is 0 Å². The average Bonchev–Trinajstić information content (AvgIpc) is 3.31. The number of carbonyl (C=O) groups is 2. The van der Waals surface area contributed by atoms with Gasteiger partial charge in [-0.25, -0.2) is 0 Å². The molecule has 0 bridgehead atoms. The molecule has 2 aromatic heterocycles. The lowest BCUT2D eigenvalue weighted by Gasteiger charge is -2.02. The molecule has 0 aliphatic carbocycles. The molecule has 146 valence electrons. The van der Waals surface area contributed by atoms with Crippen LogP contribution in [-0.2, 0) is 17.8 Å². The molecule has 0 aliphatic heterocycles. The minimum Gasteiger partial charge on any atom is -0.465 e. The molecule has 8 heteroatoms. The van der Waals surface area contributed by atoms with Gasteiger partial charge in [-0.05, 0) is 44.5 Å². The summed E-state index contributed by atoms with van der Waals surface area (Å²) in [5.74, 6) is 1.23. The molecule has 3 aromatic rings. The van der Waals surface area contributed by atoms with Crippen LogP contribution >= 0.6 is 11.3 Å². The van der Waals surface area contributed by atoms with Gasteiger partial charge in [-0.2, -0.15) is 0 Å². The summed E-state index contributed by atoms with van der Waals surface area (Å²) in [6.45, 7) is 4.23. The third kappa shape index (κ3) is 5.75.